The van der Waals surface area contributed by atoms with E-state index in [0.717, 1.165) is 5.69 Å². The van der Waals surface area contributed by atoms with Gasteiger partial charge in [0.05, 0.1) is 18.4 Å². The first kappa shape index (κ1) is 15.3. The number of nitrogens with one attached hydrogen (secondary N) is 1. The first-order chi connectivity index (χ1) is 11.6. The van der Waals surface area contributed by atoms with Crippen LogP contribution < -0.4 is 16.8 Å². The van der Waals surface area contributed by atoms with Gasteiger partial charge in [-0.25, -0.2) is 9.97 Å². The summed E-state index contributed by atoms with van der Waals surface area (Å²) in [6.07, 6.45) is 1.85. The number of rotatable bonds is 5. The van der Waals surface area contributed by atoms with Crippen molar-refractivity contribution in [1.82, 2.24) is 19.9 Å². The van der Waals surface area contributed by atoms with Crippen LogP contribution in [0.25, 0.3) is 11.2 Å². The molecule has 0 radical (unpaired) electrons. The second kappa shape index (κ2) is 6.24. The van der Waals surface area contributed by atoms with E-state index in [9.17, 15) is 9.59 Å². The summed E-state index contributed by atoms with van der Waals surface area (Å²) in [4.78, 5) is 38.0. The summed E-state index contributed by atoms with van der Waals surface area (Å²) in [6, 6.07) is 6.53. The maximum atomic E-state index is 11.2. The maximum absolute atomic E-state index is 11.2. The number of ketones is 1. The highest BCUT2D eigenvalue weighted by atomic mass is 16.2. The Hall–Kier alpha value is -3.62. The molecule has 120 valence electrons. The van der Waals surface area contributed by atoms with Gasteiger partial charge in [0.15, 0.2) is 23.3 Å². The number of Topliss-reactive ketones (excluding diaryl/α,β-unsaturated/α-hetero) is 1. The minimum absolute atomic E-state index is 0.0464. The summed E-state index contributed by atoms with van der Waals surface area (Å²) < 4.78 is 0. The highest BCUT2D eigenvalue weighted by Gasteiger charge is 2.08. The van der Waals surface area contributed by atoms with Crippen LogP contribution in [0.1, 0.15) is 16.1 Å². The fourth-order valence-corrected chi connectivity index (χ4v) is 2.08. The van der Waals surface area contributed by atoms with Crippen molar-refractivity contribution in [2.45, 2.75) is 6.54 Å². The summed E-state index contributed by atoms with van der Waals surface area (Å²) in [5.41, 5.74) is 13.7. The smallest absolute Gasteiger partial charge is 0.225 e. The number of aromatic nitrogens is 4. The second-order valence-electron chi connectivity index (χ2n) is 4.91. The summed E-state index contributed by atoms with van der Waals surface area (Å²) in [6.45, 7) is 0.383. The maximum Gasteiger partial charge on any atom is 0.225 e. The molecule has 3 aromatic rings. The quantitative estimate of drug-likeness (QED) is 0.348. The summed E-state index contributed by atoms with van der Waals surface area (Å²) in [5.74, 6) is -0.342. The number of carbonyl (C=O) groups is 2. The van der Waals surface area contributed by atoms with E-state index in [2.05, 4.69) is 25.3 Å². The third-order valence-electron chi connectivity index (χ3n) is 3.25. The van der Waals surface area contributed by atoms with E-state index in [1.165, 1.54) is 0 Å². The second-order valence-corrected chi connectivity index (χ2v) is 4.91. The lowest BCUT2D eigenvalue weighted by Gasteiger charge is -2.07. The molecule has 5 N–H and O–H groups in total. The molecule has 3 rings (SSSR count). The molecule has 0 aliphatic heterocycles. The Bertz CT molecular complexity index is 925. The van der Waals surface area contributed by atoms with Gasteiger partial charge in [-0.1, -0.05) is 0 Å². The summed E-state index contributed by atoms with van der Waals surface area (Å²) >= 11 is 0. The zero-order valence-electron chi connectivity index (χ0n) is 12.4. The van der Waals surface area contributed by atoms with Gasteiger partial charge in [0.2, 0.25) is 11.7 Å². The van der Waals surface area contributed by atoms with Crippen LogP contribution in [-0.4, -0.2) is 32.0 Å². The first-order valence-corrected chi connectivity index (χ1v) is 6.95. The number of hydrogen-bond donors (Lipinski definition) is 3. The third-order valence-corrected chi connectivity index (χ3v) is 3.25. The van der Waals surface area contributed by atoms with E-state index in [-0.39, 0.29) is 18.1 Å². The van der Waals surface area contributed by atoms with E-state index < -0.39 is 5.78 Å². The van der Waals surface area contributed by atoms with Gasteiger partial charge in [-0.15, -0.1) is 0 Å². The average Bonchev–Trinajstić information content (AvgIpc) is 2.60. The van der Waals surface area contributed by atoms with Crippen molar-refractivity contribution in [3.63, 3.8) is 0 Å². The number of carbonyl (C=O) groups excluding carboxylic acids is 2. The van der Waals surface area contributed by atoms with Crippen LogP contribution in [0.2, 0.25) is 0 Å². The van der Waals surface area contributed by atoms with Crippen LogP contribution >= 0.6 is 0 Å². The van der Waals surface area contributed by atoms with Gasteiger partial charge in [0, 0.05) is 11.3 Å². The van der Waals surface area contributed by atoms with Gasteiger partial charge < -0.3 is 16.8 Å². The molecule has 0 amide bonds. The number of aldehydes is 1. The Balaban J connectivity index is 1.76. The number of fused-ring (bicyclic) bond motifs is 1. The molecular formula is C15H13N7O2. The SMILES string of the molecule is Nc1nc(N)c2nc(CNc3ccc(C(=O)C=O)cc3)cnc2n1. The van der Waals surface area contributed by atoms with Gasteiger partial charge in [-0.3, -0.25) is 9.59 Å². The number of nitrogen functional groups attached to an aromatic ring is 2. The topological polar surface area (TPSA) is 150 Å². The molecule has 2 aromatic heterocycles. The fourth-order valence-electron chi connectivity index (χ4n) is 2.08. The van der Waals surface area contributed by atoms with Crippen molar-refractivity contribution in [1.29, 1.82) is 0 Å². The first-order valence-electron chi connectivity index (χ1n) is 6.95. The largest absolute Gasteiger partial charge is 0.382 e. The Morgan fingerprint density at radius 1 is 1.12 bits per heavy atom. The summed E-state index contributed by atoms with van der Waals surface area (Å²) in [5, 5.41) is 3.13. The van der Waals surface area contributed by atoms with Crippen LogP contribution in [-0.2, 0) is 11.3 Å². The molecule has 9 heteroatoms. The zero-order chi connectivity index (χ0) is 17.1. The van der Waals surface area contributed by atoms with Crippen molar-refractivity contribution >= 4 is 40.7 Å². The Kier molecular flexibility index (Phi) is 3.98. The van der Waals surface area contributed by atoms with Crippen LogP contribution in [0.15, 0.2) is 30.5 Å². The molecule has 24 heavy (non-hydrogen) atoms. The highest BCUT2D eigenvalue weighted by Crippen LogP contribution is 2.15. The Morgan fingerprint density at radius 3 is 2.58 bits per heavy atom. The Labute approximate surface area is 136 Å². The molecule has 0 saturated heterocycles. The van der Waals surface area contributed by atoms with Gasteiger partial charge in [0.25, 0.3) is 0 Å². The molecule has 0 aliphatic rings. The third kappa shape index (κ3) is 3.09. The van der Waals surface area contributed by atoms with Crippen molar-refractivity contribution in [3.8, 4) is 0 Å². The molecule has 2 heterocycles. The molecule has 1 aromatic carbocycles. The van der Waals surface area contributed by atoms with Crippen molar-refractivity contribution in [2.75, 3.05) is 16.8 Å². The van der Waals surface area contributed by atoms with Crippen LogP contribution in [0, 0.1) is 0 Å². The molecule has 0 unspecified atom stereocenters. The lowest BCUT2D eigenvalue weighted by molar-refractivity contribution is -0.104. The lowest BCUT2D eigenvalue weighted by atomic mass is 10.1. The average molecular weight is 323 g/mol. The van der Waals surface area contributed by atoms with E-state index in [1.54, 1.807) is 30.5 Å². The summed E-state index contributed by atoms with van der Waals surface area (Å²) in [7, 11) is 0. The van der Waals surface area contributed by atoms with Crippen LogP contribution in [0.5, 0.6) is 0 Å². The molecule has 9 nitrogen and oxygen atoms in total. The predicted molar refractivity (Wildman–Crippen MR) is 88.1 cm³/mol. The van der Waals surface area contributed by atoms with E-state index in [0.29, 0.717) is 29.0 Å². The fraction of sp³-hybridized carbons (Fsp3) is 0.0667. The van der Waals surface area contributed by atoms with E-state index in [1.807, 2.05) is 0 Å². The van der Waals surface area contributed by atoms with Gasteiger partial charge in [-0.2, -0.15) is 9.97 Å². The van der Waals surface area contributed by atoms with E-state index in [4.69, 9.17) is 11.5 Å². The standard InChI is InChI=1S/C15H13N7O2/c16-13-12-14(22-15(17)21-13)19-6-10(20-12)5-18-9-3-1-8(2-4-9)11(24)7-23/h1-4,6-7,18H,5H2,(H4,16,17,19,21,22). The van der Waals surface area contributed by atoms with Gasteiger partial charge in [-0.05, 0) is 24.3 Å². The van der Waals surface area contributed by atoms with Crippen LogP contribution in [0.4, 0.5) is 17.5 Å². The minimum Gasteiger partial charge on any atom is -0.382 e. The molecule has 0 spiro atoms. The number of nitrogens with zero attached hydrogens (tertiary/aromatic N) is 4. The van der Waals surface area contributed by atoms with Crippen molar-refractivity contribution < 1.29 is 9.59 Å². The number of nitrogens with two attached hydrogens (primary N) is 2. The van der Waals surface area contributed by atoms with Crippen LogP contribution in [0.3, 0.4) is 0 Å². The van der Waals surface area contributed by atoms with Gasteiger partial charge in [0.1, 0.15) is 0 Å². The number of hydrogen-bond acceptors (Lipinski definition) is 9. The highest BCUT2D eigenvalue weighted by molar-refractivity contribution is 6.33. The Morgan fingerprint density at radius 2 is 1.88 bits per heavy atom. The minimum atomic E-state index is -0.559. The molecule has 0 aliphatic carbocycles. The van der Waals surface area contributed by atoms with Gasteiger partial charge >= 0.3 is 0 Å². The molecule has 0 fully saturated rings. The lowest BCUT2D eigenvalue weighted by Crippen LogP contribution is -2.07. The number of anilines is 3. The molecule has 0 bridgehead atoms. The molecule has 0 saturated carbocycles. The molecular weight excluding hydrogens is 310 g/mol. The number of benzene rings is 1. The molecule has 0 atom stereocenters. The zero-order valence-corrected chi connectivity index (χ0v) is 12.4. The monoisotopic (exact) mass is 323 g/mol. The van der Waals surface area contributed by atoms with Crippen molar-refractivity contribution in [2.24, 2.45) is 0 Å². The normalized spacial score (nSPS) is 10.5. The van der Waals surface area contributed by atoms with Crippen molar-refractivity contribution in [3.05, 3.63) is 41.7 Å². The van der Waals surface area contributed by atoms with E-state index >= 15 is 0 Å². The predicted octanol–water partition coefficient (Wildman–Crippen LogP) is 0.578.